The van der Waals surface area contributed by atoms with Crippen LogP contribution < -0.4 is 4.90 Å². The quantitative estimate of drug-likeness (QED) is 0.797. The molecule has 0 unspecified atom stereocenters. The summed E-state index contributed by atoms with van der Waals surface area (Å²) in [6.07, 6.45) is 1.98. The molecule has 0 aliphatic carbocycles. The number of likely N-dealkylation sites (N-methyl/N-ethyl adjacent to an activating group) is 1. The summed E-state index contributed by atoms with van der Waals surface area (Å²) < 4.78 is 0. The van der Waals surface area contributed by atoms with Gasteiger partial charge in [0.05, 0.1) is 11.2 Å². The molecule has 5 heteroatoms. The summed E-state index contributed by atoms with van der Waals surface area (Å²) in [5.41, 5.74) is 2.74. The Bertz CT molecular complexity index is 699. The molecule has 1 aliphatic heterocycles. The van der Waals surface area contributed by atoms with Crippen LogP contribution in [0.3, 0.4) is 0 Å². The molecule has 1 aromatic heterocycles. The molecule has 1 aliphatic rings. The van der Waals surface area contributed by atoms with Crippen molar-refractivity contribution in [3.05, 3.63) is 29.8 Å². The molecule has 3 rings (SSSR count). The molecule has 0 bridgehead atoms. The van der Waals surface area contributed by atoms with Gasteiger partial charge < -0.3 is 9.80 Å². The Morgan fingerprint density at radius 1 is 1.19 bits per heavy atom. The Morgan fingerprint density at radius 3 is 2.57 bits per heavy atom. The first-order valence-electron chi connectivity index (χ1n) is 7.05. The van der Waals surface area contributed by atoms with Gasteiger partial charge in [-0.15, -0.1) is 11.8 Å². The van der Waals surface area contributed by atoms with Crippen LogP contribution in [0.4, 0.5) is 5.69 Å². The third-order valence-electron chi connectivity index (χ3n) is 3.96. The molecule has 0 spiro atoms. The topological polar surface area (TPSA) is 43.2 Å². The van der Waals surface area contributed by atoms with Crippen molar-refractivity contribution in [3.8, 4) is 6.07 Å². The van der Waals surface area contributed by atoms with Crippen molar-refractivity contribution in [1.82, 2.24) is 9.88 Å². The van der Waals surface area contributed by atoms with Crippen molar-refractivity contribution >= 4 is 28.4 Å². The van der Waals surface area contributed by atoms with E-state index >= 15 is 0 Å². The van der Waals surface area contributed by atoms with Gasteiger partial charge in [0.2, 0.25) is 0 Å². The normalized spacial score (nSPS) is 16.1. The fourth-order valence-corrected chi connectivity index (χ4v) is 3.32. The Kier molecular flexibility index (Phi) is 4.00. The Hall–Kier alpha value is -1.77. The van der Waals surface area contributed by atoms with Crippen molar-refractivity contribution in [2.45, 2.75) is 5.03 Å². The van der Waals surface area contributed by atoms with Crippen molar-refractivity contribution in [2.24, 2.45) is 0 Å². The Balaban J connectivity index is 2.20. The summed E-state index contributed by atoms with van der Waals surface area (Å²) in [5, 5.41) is 11.5. The number of hydrogen-bond donors (Lipinski definition) is 0. The summed E-state index contributed by atoms with van der Waals surface area (Å²) in [6, 6.07) is 10.5. The highest BCUT2D eigenvalue weighted by molar-refractivity contribution is 7.98. The summed E-state index contributed by atoms with van der Waals surface area (Å²) in [6.45, 7) is 3.95. The molecule has 0 N–H and O–H groups in total. The first-order chi connectivity index (χ1) is 10.2. The Morgan fingerprint density at radius 2 is 1.90 bits per heavy atom. The van der Waals surface area contributed by atoms with E-state index in [1.165, 1.54) is 0 Å². The summed E-state index contributed by atoms with van der Waals surface area (Å²) >= 11 is 1.54. The van der Waals surface area contributed by atoms with Crippen LogP contribution in [-0.2, 0) is 0 Å². The minimum atomic E-state index is 0.714. The lowest BCUT2D eigenvalue weighted by atomic mass is 10.1. The molecule has 0 radical (unpaired) electrons. The summed E-state index contributed by atoms with van der Waals surface area (Å²) in [7, 11) is 2.14. The van der Waals surface area contributed by atoms with Crippen LogP contribution in [0.1, 0.15) is 5.56 Å². The SMILES string of the molecule is CSc1nc2ccccc2c(N2CCN(C)CC2)c1C#N. The second kappa shape index (κ2) is 5.92. The van der Waals surface area contributed by atoms with Gasteiger partial charge >= 0.3 is 0 Å². The average Bonchev–Trinajstić information content (AvgIpc) is 2.53. The molecule has 1 aromatic carbocycles. The van der Waals surface area contributed by atoms with Crippen LogP contribution in [-0.4, -0.2) is 49.4 Å². The van der Waals surface area contributed by atoms with Gasteiger partial charge in [-0.2, -0.15) is 5.26 Å². The second-order valence-electron chi connectivity index (χ2n) is 5.26. The highest BCUT2D eigenvalue weighted by Gasteiger charge is 2.22. The first kappa shape index (κ1) is 14.2. The number of hydrogen-bond acceptors (Lipinski definition) is 5. The van der Waals surface area contributed by atoms with Gasteiger partial charge in [0.15, 0.2) is 0 Å². The number of benzene rings is 1. The highest BCUT2D eigenvalue weighted by Crippen LogP contribution is 2.35. The minimum Gasteiger partial charge on any atom is -0.367 e. The van der Waals surface area contributed by atoms with Crippen molar-refractivity contribution in [1.29, 1.82) is 5.26 Å². The largest absolute Gasteiger partial charge is 0.367 e. The molecule has 2 heterocycles. The first-order valence-corrected chi connectivity index (χ1v) is 8.27. The molecule has 1 fully saturated rings. The third kappa shape index (κ3) is 2.57. The van der Waals surface area contributed by atoms with Crippen LogP contribution in [0.25, 0.3) is 10.9 Å². The van der Waals surface area contributed by atoms with Gasteiger partial charge in [-0.05, 0) is 19.4 Å². The predicted molar refractivity (Wildman–Crippen MR) is 87.9 cm³/mol. The molecular formula is C16H18N4S. The van der Waals surface area contributed by atoms with E-state index in [-0.39, 0.29) is 0 Å². The van der Waals surface area contributed by atoms with Crippen LogP contribution in [0, 0.1) is 11.3 Å². The summed E-state index contributed by atoms with van der Waals surface area (Å²) in [4.78, 5) is 9.29. The Labute approximate surface area is 129 Å². The van der Waals surface area contributed by atoms with E-state index in [0.717, 1.165) is 47.8 Å². The number of nitrogens with zero attached hydrogens (tertiary/aromatic N) is 4. The monoisotopic (exact) mass is 298 g/mol. The van der Waals surface area contributed by atoms with Crippen LogP contribution >= 0.6 is 11.8 Å². The highest BCUT2D eigenvalue weighted by atomic mass is 32.2. The van der Waals surface area contributed by atoms with Crippen LogP contribution in [0.2, 0.25) is 0 Å². The maximum atomic E-state index is 9.63. The van der Waals surface area contributed by atoms with Crippen LogP contribution in [0.5, 0.6) is 0 Å². The van der Waals surface area contributed by atoms with E-state index in [0.29, 0.717) is 5.56 Å². The van der Waals surface area contributed by atoms with Gasteiger partial charge in [-0.1, -0.05) is 18.2 Å². The number of anilines is 1. The fourth-order valence-electron chi connectivity index (χ4n) is 2.78. The molecule has 21 heavy (non-hydrogen) atoms. The van der Waals surface area contributed by atoms with E-state index < -0.39 is 0 Å². The van der Waals surface area contributed by atoms with Gasteiger partial charge in [0.25, 0.3) is 0 Å². The molecular weight excluding hydrogens is 280 g/mol. The number of piperazine rings is 1. The fraction of sp³-hybridized carbons (Fsp3) is 0.375. The number of nitriles is 1. The lowest BCUT2D eigenvalue weighted by Gasteiger charge is -2.35. The second-order valence-corrected chi connectivity index (χ2v) is 6.06. The number of fused-ring (bicyclic) bond motifs is 1. The zero-order valence-electron chi connectivity index (χ0n) is 12.3. The van der Waals surface area contributed by atoms with Gasteiger partial charge in [-0.3, -0.25) is 0 Å². The third-order valence-corrected chi connectivity index (χ3v) is 4.64. The molecule has 108 valence electrons. The number of para-hydroxylation sites is 1. The lowest BCUT2D eigenvalue weighted by Crippen LogP contribution is -2.44. The summed E-state index contributed by atoms with van der Waals surface area (Å²) in [5.74, 6) is 0. The van der Waals surface area contributed by atoms with Gasteiger partial charge in [0.1, 0.15) is 16.7 Å². The standard InChI is InChI=1S/C16H18N4S/c1-19-7-9-20(10-8-19)15-12-5-3-4-6-14(12)18-16(21-2)13(15)11-17/h3-6H,7-10H2,1-2H3. The molecule has 0 saturated carbocycles. The number of rotatable bonds is 2. The predicted octanol–water partition coefficient (Wildman–Crippen LogP) is 2.58. The van der Waals surface area contributed by atoms with E-state index in [1.807, 2.05) is 24.5 Å². The van der Waals surface area contributed by atoms with Crippen molar-refractivity contribution < 1.29 is 0 Å². The molecule has 4 nitrogen and oxygen atoms in total. The van der Waals surface area contributed by atoms with E-state index in [4.69, 9.17) is 0 Å². The maximum Gasteiger partial charge on any atom is 0.116 e. The molecule has 1 saturated heterocycles. The zero-order valence-corrected chi connectivity index (χ0v) is 13.2. The van der Waals surface area contributed by atoms with Gasteiger partial charge in [-0.25, -0.2) is 4.98 Å². The van der Waals surface area contributed by atoms with Crippen LogP contribution in [0.15, 0.2) is 29.3 Å². The lowest BCUT2D eigenvalue weighted by molar-refractivity contribution is 0.313. The number of aromatic nitrogens is 1. The number of thioether (sulfide) groups is 1. The van der Waals surface area contributed by atoms with E-state index in [9.17, 15) is 5.26 Å². The van der Waals surface area contributed by atoms with Crippen molar-refractivity contribution in [3.63, 3.8) is 0 Å². The van der Waals surface area contributed by atoms with E-state index in [1.54, 1.807) is 11.8 Å². The maximum absolute atomic E-state index is 9.63. The zero-order chi connectivity index (χ0) is 14.8. The molecule has 2 aromatic rings. The minimum absolute atomic E-state index is 0.714. The van der Waals surface area contributed by atoms with E-state index in [2.05, 4.69) is 34.0 Å². The van der Waals surface area contributed by atoms with Gasteiger partial charge in [0, 0.05) is 31.6 Å². The molecule has 0 atom stereocenters. The molecule has 0 amide bonds. The smallest absolute Gasteiger partial charge is 0.116 e. The number of pyridine rings is 1. The van der Waals surface area contributed by atoms with Crippen molar-refractivity contribution in [2.75, 3.05) is 44.4 Å². The average molecular weight is 298 g/mol.